The molecule has 6 nitrogen and oxygen atoms in total. The molecule has 1 aromatic rings. The molecule has 1 unspecified atom stereocenters. The third-order valence-electron chi connectivity index (χ3n) is 1.05. The highest BCUT2D eigenvalue weighted by molar-refractivity contribution is 5.75. The Morgan fingerprint density at radius 1 is 1.40 bits per heavy atom. The van der Waals surface area contributed by atoms with Crippen LogP contribution in [0.5, 0.6) is 5.75 Å². The average Bonchev–Trinajstić information content (AvgIpc) is 2.03. The molecule has 15 heavy (non-hydrogen) atoms. The van der Waals surface area contributed by atoms with Crippen LogP contribution in [0.3, 0.4) is 0 Å². The van der Waals surface area contributed by atoms with Crippen molar-refractivity contribution in [3.63, 3.8) is 0 Å². The third-order valence-corrected chi connectivity index (χ3v) is 1.05. The van der Waals surface area contributed by atoms with Gasteiger partial charge in [-0.1, -0.05) is 18.2 Å². The Kier molecular flexibility index (Phi) is 9.48. The van der Waals surface area contributed by atoms with Crippen molar-refractivity contribution in [1.82, 2.24) is 0 Å². The van der Waals surface area contributed by atoms with Crippen molar-refractivity contribution in [3.05, 3.63) is 40.4 Å². The summed E-state index contributed by atoms with van der Waals surface area (Å²) in [6, 6.07) is 9.21. The first kappa shape index (κ1) is 15.9. The molecule has 1 atom stereocenters. The van der Waals surface area contributed by atoms with Crippen LogP contribution in [0, 0.1) is 10.1 Å². The molecule has 0 fully saturated rings. The summed E-state index contributed by atoms with van der Waals surface area (Å²) in [6.07, 6.45) is -0.734. The summed E-state index contributed by atoms with van der Waals surface area (Å²) in [4.78, 5) is 8.36. The van der Waals surface area contributed by atoms with E-state index < -0.39 is 11.4 Å². The number of para-hydroxylation sites is 1. The largest absolute Gasteiger partial charge is 0.465 e. The molecule has 0 aliphatic heterocycles. The van der Waals surface area contributed by atoms with E-state index in [1.807, 2.05) is 18.2 Å². The topological polar surface area (TPSA) is 92.8 Å². The van der Waals surface area contributed by atoms with Gasteiger partial charge in [-0.3, -0.25) is 0 Å². The zero-order valence-corrected chi connectivity index (χ0v) is 7.53. The van der Waals surface area contributed by atoms with Crippen molar-refractivity contribution in [1.29, 1.82) is 0 Å². The molecule has 2 N–H and O–H groups in total. The fourth-order valence-electron chi connectivity index (χ4n) is 0.696. The van der Waals surface area contributed by atoms with Crippen molar-refractivity contribution >= 4 is 11.0 Å². The second kappa shape index (κ2) is 8.97. The Morgan fingerprint density at radius 2 is 1.80 bits per heavy atom. The second-order valence-electron chi connectivity index (χ2n) is 2.27. The second-order valence-corrected chi connectivity index (χ2v) is 2.27. The SMILES string of the molecule is CC(O)Oc1ccccc1.O=[N+]([O-])O.[SiH4]. The lowest BCUT2D eigenvalue weighted by molar-refractivity contribution is -0.742. The van der Waals surface area contributed by atoms with E-state index in [9.17, 15) is 0 Å². The van der Waals surface area contributed by atoms with Crippen molar-refractivity contribution in [2.75, 3.05) is 0 Å². The molecule has 0 aliphatic rings. The van der Waals surface area contributed by atoms with Crippen molar-refractivity contribution in [3.8, 4) is 5.75 Å². The van der Waals surface area contributed by atoms with Crippen LogP contribution in [0.2, 0.25) is 0 Å². The minimum Gasteiger partial charge on any atom is -0.465 e. The maximum Gasteiger partial charge on any atom is 0.291 e. The van der Waals surface area contributed by atoms with Gasteiger partial charge >= 0.3 is 0 Å². The van der Waals surface area contributed by atoms with Gasteiger partial charge in [0.1, 0.15) is 5.75 Å². The molecule has 1 aromatic carbocycles. The van der Waals surface area contributed by atoms with Gasteiger partial charge in [-0.05, 0) is 30.0 Å². The predicted octanol–water partition coefficient (Wildman–Crippen LogP) is -0.396. The first-order valence-electron chi connectivity index (χ1n) is 3.75. The maximum atomic E-state index is 8.78. The fourth-order valence-corrected chi connectivity index (χ4v) is 0.696. The maximum absolute atomic E-state index is 8.78. The number of aliphatic hydroxyl groups is 1. The van der Waals surface area contributed by atoms with Crippen LogP contribution >= 0.6 is 0 Å². The van der Waals surface area contributed by atoms with E-state index in [0.717, 1.165) is 0 Å². The Morgan fingerprint density at radius 3 is 2.13 bits per heavy atom. The molecule has 0 amide bonds. The Labute approximate surface area is 91.2 Å². The smallest absolute Gasteiger partial charge is 0.291 e. The molecule has 7 heteroatoms. The van der Waals surface area contributed by atoms with Gasteiger partial charge in [-0.2, -0.15) is 0 Å². The van der Waals surface area contributed by atoms with E-state index in [0.29, 0.717) is 5.75 Å². The quantitative estimate of drug-likeness (QED) is 0.314. The van der Waals surface area contributed by atoms with Crippen LogP contribution in [0.4, 0.5) is 0 Å². The van der Waals surface area contributed by atoms with Crippen LogP contribution in [0.15, 0.2) is 30.3 Å². The summed E-state index contributed by atoms with van der Waals surface area (Å²) in [6.45, 7) is 1.58. The molecular weight excluding hydrogens is 218 g/mol. The number of benzene rings is 1. The van der Waals surface area contributed by atoms with E-state index >= 15 is 0 Å². The molecule has 86 valence electrons. The summed E-state index contributed by atoms with van der Waals surface area (Å²) in [5, 5.41) is 22.4. The van der Waals surface area contributed by atoms with Gasteiger partial charge in [-0.15, -0.1) is 10.1 Å². The van der Waals surface area contributed by atoms with Crippen molar-refractivity contribution < 1.29 is 20.1 Å². The minimum atomic E-state index is -1.50. The highest BCUT2D eigenvalue weighted by Gasteiger charge is 1.94. The molecule has 0 aromatic heterocycles. The summed E-state index contributed by atoms with van der Waals surface area (Å²) in [5.74, 6) is 0.692. The monoisotopic (exact) mass is 233 g/mol. The van der Waals surface area contributed by atoms with Crippen LogP contribution in [0.1, 0.15) is 6.92 Å². The first-order chi connectivity index (χ1) is 6.52. The molecule has 0 saturated heterocycles. The number of nitrogens with zero attached hydrogens (tertiary/aromatic N) is 1. The number of hydrogen-bond acceptors (Lipinski definition) is 4. The van der Waals surface area contributed by atoms with Gasteiger partial charge in [-0.25, -0.2) is 0 Å². The lowest BCUT2D eigenvalue weighted by Gasteiger charge is -2.06. The van der Waals surface area contributed by atoms with Crippen molar-refractivity contribution in [2.45, 2.75) is 13.2 Å². The average molecular weight is 233 g/mol. The normalized spacial score (nSPS) is 10.0. The van der Waals surface area contributed by atoms with E-state index in [1.54, 1.807) is 19.1 Å². The van der Waals surface area contributed by atoms with Gasteiger partial charge < -0.3 is 15.1 Å². The number of hydrogen-bond donors (Lipinski definition) is 2. The lowest BCUT2D eigenvalue weighted by atomic mass is 10.3. The highest BCUT2D eigenvalue weighted by atomic mass is 28.1. The number of ether oxygens (including phenoxy) is 1. The van der Waals surface area contributed by atoms with E-state index in [2.05, 4.69) is 0 Å². The molecular formula is C8H15NO5Si. The number of rotatable bonds is 2. The molecule has 0 aliphatic carbocycles. The molecule has 0 saturated carbocycles. The molecule has 1 rings (SSSR count). The van der Waals surface area contributed by atoms with Gasteiger partial charge in [0, 0.05) is 0 Å². The molecule has 0 spiro atoms. The van der Waals surface area contributed by atoms with Gasteiger partial charge in [0.25, 0.3) is 5.09 Å². The zero-order valence-electron chi connectivity index (χ0n) is 7.53. The Balaban J connectivity index is 0. The summed E-state index contributed by atoms with van der Waals surface area (Å²) < 4.78 is 4.97. The lowest BCUT2D eigenvalue weighted by Crippen LogP contribution is -2.08. The standard InChI is InChI=1S/C8H10O2.HNO3.H4Si/c1-7(9)10-8-5-3-2-4-6-8;2-1(3)4;/h2-7,9H,1H3;(H,2,3,4);1H4. The molecule has 0 heterocycles. The van der Waals surface area contributed by atoms with Crippen molar-refractivity contribution in [2.24, 2.45) is 0 Å². The minimum absolute atomic E-state index is 0. The summed E-state index contributed by atoms with van der Waals surface area (Å²) in [5.41, 5.74) is 0. The fraction of sp³-hybridized carbons (Fsp3) is 0.250. The van der Waals surface area contributed by atoms with Crippen LogP contribution in [-0.2, 0) is 0 Å². The van der Waals surface area contributed by atoms with E-state index in [-0.39, 0.29) is 11.0 Å². The zero-order chi connectivity index (χ0) is 11.0. The molecule has 0 radical (unpaired) electrons. The van der Waals surface area contributed by atoms with Crippen LogP contribution in [-0.4, -0.2) is 32.7 Å². The first-order valence-corrected chi connectivity index (χ1v) is 3.75. The van der Waals surface area contributed by atoms with Gasteiger partial charge in [0.2, 0.25) is 0 Å². The predicted molar refractivity (Wildman–Crippen MR) is 58.9 cm³/mol. The highest BCUT2D eigenvalue weighted by Crippen LogP contribution is 2.08. The third kappa shape index (κ3) is 12.4. The van der Waals surface area contributed by atoms with Gasteiger partial charge in [0.15, 0.2) is 6.29 Å². The summed E-state index contributed by atoms with van der Waals surface area (Å²) in [7, 11) is 0. The van der Waals surface area contributed by atoms with Gasteiger partial charge in [0.05, 0.1) is 0 Å². The van der Waals surface area contributed by atoms with E-state index in [1.165, 1.54) is 0 Å². The molecule has 0 bridgehead atoms. The number of aliphatic hydroxyl groups excluding tert-OH is 1. The van der Waals surface area contributed by atoms with Crippen LogP contribution < -0.4 is 4.74 Å². The Hall–Kier alpha value is -1.60. The Bertz CT molecular complexity index is 263. The summed E-state index contributed by atoms with van der Waals surface area (Å²) >= 11 is 0. The van der Waals surface area contributed by atoms with E-state index in [4.69, 9.17) is 25.2 Å². The van der Waals surface area contributed by atoms with Crippen LogP contribution in [0.25, 0.3) is 0 Å².